The second-order valence-electron chi connectivity index (χ2n) is 10.9. The number of rotatable bonds is 22. The van der Waals surface area contributed by atoms with Crippen LogP contribution in [0.25, 0.3) is 0 Å². The Morgan fingerprint density at radius 1 is 0.525 bits per heavy atom. The van der Waals surface area contributed by atoms with E-state index in [-0.39, 0.29) is 13.6 Å². The second-order valence-corrected chi connectivity index (χ2v) is 10.9. The molecule has 40 heavy (non-hydrogen) atoms. The quantitative estimate of drug-likeness (QED) is 0.135. The molecule has 5 heteroatoms. The van der Waals surface area contributed by atoms with Crippen LogP contribution in [-0.2, 0) is 35.2 Å². The van der Waals surface area contributed by atoms with Gasteiger partial charge in [-0.15, -0.1) is 0 Å². The van der Waals surface area contributed by atoms with Crippen molar-refractivity contribution < 1.29 is 18.9 Å². The second kappa shape index (κ2) is 19.8. The van der Waals surface area contributed by atoms with Crippen molar-refractivity contribution in [3.8, 4) is 11.5 Å². The summed E-state index contributed by atoms with van der Waals surface area (Å²) >= 11 is 0. The smallest absolute Gasteiger partial charge is 0.188 e. The average molecular weight is 556 g/mol. The molecule has 0 spiro atoms. The van der Waals surface area contributed by atoms with Crippen LogP contribution < -0.4 is 14.4 Å². The Hall–Kier alpha value is -2.24. The number of nitrogens with zero attached hydrogens (tertiary/aromatic N) is 1. The summed E-state index contributed by atoms with van der Waals surface area (Å²) in [5.74, 6) is 1.88. The lowest BCUT2D eigenvalue weighted by Crippen LogP contribution is -2.22. The molecule has 0 radical (unpaired) electrons. The lowest BCUT2D eigenvalue weighted by Gasteiger charge is -2.31. The summed E-state index contributed by atoms with van der Waals surface area (Å²) < 4.78 is 23.7. The lowest BCUT2D eigenvalue weighted by atomic mass is 9.97. The number of anilines is 2. The van der Waals surface area contributed by atoms with Crippen molar-refractivity contribution in [3.63, 3.8) is 0 Å². The van der Waals surface area contributed by atoms with Crippen molar-refractivity contribution in [2.45, 2.75) is 118 Å². The highest BCUT2D eigenvalue weighted by molar-refractivity contribution is 5.77. The zero-order valence-corrected chi connectivity index (χ0v) is 26.7. The first-order valence-corrected chi connectivity index (χ1v) is 15.9. The third kappa shape index (κ3) is 10.3. The maximum absolute atomic E-state index is 6.40. The number of ether oxygens (including phenoxy) is 4. The van der Waals surface area contributed by atoms with Gasteiger partial charge in [0.05, 0.1) is 11.4 Å². The Bertz CT molecular complexity index is 899. The molecule has 0 aliphatic rings. The van der Waals surface area contributed by atoms with E-state index in [0.29, 0.717) is 0 Å². The molecule has 0 aliphatic carbocycles. The Morgan fingerprint density at radius 3 is 1.27 bits per heavy atom. The molecule has 2 aromatic rings. The molecule has 0 aliphatic heterocycles. The fourth-order valence-electron chi connectivity index (χ4n) is 5.19. The van der Waals surface area contributed by atoms with E-state index in [1.165, 1.54) is 47.9 Å². The van der Waals surface area contributed by atoms with E-state index in [1.807, 2.05) is 0 Å². The van der Waals surface area contributed by atoms with Crippen LogP contribution in [0.2, 0.25) is 0 Å². The maximum atomic E-state index is 6.40. The third-order valence-corrected chi connectivity index (χ3v) is 7.32. The standard InChI is InChI=1S/C35H57NO4/c1-8-13-17-28-22-30(19-15-10-3)34(39-26-37-6)32(24-28)36(21-12-5)33-25-29(18-14-9-2)23-31(20-16-11-4)35(33)40-27-38-7/h22-25H,8-21,26-27H2,1-7H3. The average Bonchev–Trinajstić information content (AvgIpc) is 2.97. The molecule has 2 rings (SSSR count). The van der Waals surface area contributed by atoms with Crippen LogP contribution in [0.1, 0.15) is 115 Å². The molecular formula is C35H57NO4. The van der Waals surface area contributed by atoms with Crippen LogP contribution in [0.3, 0.4) is 0 Å². The van der Waals surface area contributed by atoms with Gasteiger partial charge in [0.2, 0.25) is 0 Å². The summed E-state index contributed by atoms with van der Waals surface area (Å²) in [4.78, 5) is 2.45. The minimum absolute atomic E-state index is 0.228. The minimum Gasteiger partial charge on any atom is -0.465 e. The molecule has 0 aromatic heterocycles. The summed E-state index contributed by atoms with van der Waals surface area (Å²) in [6, 6.07) is 9.46. The van der Waals surface area contributed by atoms with Crippen molar-refractivity contribution >= 4 is 11.4 Å². The number of hydrogen-bond donors (Lipinski definition) is 0. The van der Waals surface area contributed by atoms with Gasteiger partial charge in [0, 0.05) is 20.8 Å². The largest absolute Gasteiger partial charge is 0.465 e. The minimum atomic E-state index is 0.228. The van der Waals surface area contributed by atoms with E-state index < -0.39 is 0 Å². The molecule has 0 amide bonds. The van der Waals surface area contributed by atoms with Gasteiger partial charge in [-0.05, 0) is 92.2 Å². The van der Waals surface area contributed by atoms with Gasteiger partial charge in [-0.3, -0.25) is 0 Å². The highest BCUT2D eigenvalue weighted by Crippen LogP contribution is 2.44. The van der Waals surface area contributed by atoms with Gasteiger partial charge >= 0.3 is 0 Å². The first-order chi connectivity index (χ1) is 19.6. The number of benzene rings is 2. The molecule has 0 atom stereocenters. The van der Waals surface area contributed by atoms with Gasteiger partial charge in [0.25, 0.3) is 0 Å². The monoisotopic (exact) mass is 555 g/mol. The van der Waals surface area contributed by atoms with Crippen LogP contribution >= 0.6 is 0 Å². The topological polar surface area (TPSA) is 40.2 Å². The highest BCUT2D eigenvalue weighted by atomic mass is 16.7. The lowest BCUT2D eigenvalue weighted by molar-refractivity contribution is 0.0502. The molecule has 0 saturated heterocycles. The summed E-state index contributed by atoms with van der Waals surface area (Å²) in [5.41, 5.74) is 7.54. The summed E-state index contributed by atoms with van der Waals surface area (Å²) in [7, 11) is 3.39. The number of unbranched alkanes of at least 4 members (excludes halogenated alkanes) is 4. The Morgan fingerprint density at radius 2 is 0.925 bits per heavy atom. The molecule has 226 valence electrons. The van der Waals surface area contributed by atoms with E-state index in [0.717, 1.165) is 87.2 Å². The number of hydrogen-bond acceptors (Lipinski definition) is 5. The van der Waals surface area contributed by atoms with Gasteiger partial charge in [-0.2, -0.15) is 0 Å². The van der Waals surface area contributed by atoms with Crippen LogP contribution in [-0.4, -0.2) is 34.4 Å². The van der Waals surface area contributed by atoms with Gasteiger partial charge < -0.3 is 23.8 Å². The first-order valence-electron chi connectivity index (χ1n) is 15.9. The van der Waals surface area contributed by atoms with Gasteiger partial charge in [0.1, 0.15) is 11.5 Å². The maximum Gasteiger partial charge on any atom is 0.188 e. The summed E-state index contributed by atoms with van der Waals surface area (Å²) in [6.45, 7) is 12.6. The van der Waals surface area contributed by atoms with Gasteiger partial charge in [-0.25, -0.2) is 0 Å². The molecule has 5 nitrogen and oxygen atoms in total. The molecule has 0 bridgehead atoms. The summed E-state index contributed by atoms with van der Waals surface area (Å²) in [6.07, 6.45) is 14.4. The molecule has 0 saturated carbocycles. The van der Waals surface area contributed by atoms with E-state index in [4.69, 9.17) is 18.9 Å². The zero-order chi connectivity index (χ0) is 29.2. The van der Waals surface area contributed by atoms with Gasteiger partial charge in [-0.1, -0.05) is 72.4 Å². The van der Waals surface area contributed by atoms with Crippen molar-refractivity contribution in [2.75, 3.05) is 39.3 Å². The molecule has 0 unspecified atom stereocenters. The zero-order valence-electron chi connectivity index (χ0n) is 26.7. The molecule has 0 fully saturated rings. The van der Waals surface area contributed by atoms with E-state index in [9.17, 15) is 0 Å². The molecule has 2 aromatic carbocycles. The molecule has 0 heterocycles. The Kier molecular flexibility index (Phi) is 16.8. The SMILES string of the molecule is CCCCc1cc(CCCC)c(OCOC)c(N(CCC)c2cc(CCCC)cc(CCCC)c2OCOC)c1. The van der Waals surface area contributed by atoms with Crippen molar-refractivity contribution in [3.05, 3.63) is 46.5 Å². The van der Waals surface area contributed by atoms with Crippen LogP contribution in [0.15, 0.2) is 24.3 Å². The van der Waals surface area contributed by atoms with Crippen LogP contribution in [0, 0.1) is 0 Å². The summed E-state index contributed by atoms with van der Waals surface area (Å²) in [5, 5.41) is 0. The van der Waals surface area contributed by atoms with E-state index in [2.05, 4.69) is 63.8 Å². The predicted molar refractivity (Wildman–Crippen MR) is 170 cm³/mol. The first kappa shape index (κ1) is 34.0. The third-order valence-electron chi connectivity index (χ3n) is 7.32. The number of methoxy groups -OCH3 is 2. The van der Waals surface area contributed by atoms with Crippen molar-refractivity contribution in [2.24, 2.45) is 0 Å². The van der Waals surface area contributed by atoms with Crippen molar-refractivity contribution in [1.82, 2.24) is 0 Å². The molecular weight excluding hydrogens is 498 g/mol. The Labute approximate surface area is 245 Å². The number of aryl methyl sites for hydroxylation is 4. The van der Waals surface area contributed by atoms with Crippen LogP contribution in [0.4, 0.5) is 11.4 Å². The normalized spacial score (nSPS) is 11.2. The van der Waals surface area contributed by atoms with Crippen LogP contribution in [0.5, 0.6) is 11.5 Å². The predicted octanol–water partition coefficient (Wildman–Crippen LogP) is 9.57. The van der Waals surface area contributed by atoms with E-state index >= 15 is 0 Å². The fourth-order valence-corrected chi connectivity index (χ4v) is 5.19. The highest BCUT2D eigenvalue weighted by Gasteiger charge is 2.24. The van der Waals surface area contributed by atoms with Gasteiger partial charge in [0.15, 0.2) is 13.6 Å². The van der Waals surface area contributed by atoms with Crippen molar-refractivity contribution in [1.29, 1.82) is 0 Å². The fraction of sp³-hybridized carbons (Fsp3) is 0.657. The molecule has 0 N–H and O–H groups in total. The van der Waals surface area contributed by atoms with E-state index in [1.54, 1.807) is 14.2 Å². The Balaban J connectivity index is 2.86.